The van der Waals surface area contributed by atoms with Gasteiger partial charge in [-0.3, -0.25) is 5.01 Å². The van der Waals surface area contributed by atoms with Gasteiger partial charge in [-0.2, -0.15) is 5.10 Å². The zero-order chi connectivity index (χ0) is 13.3. The molecule has 19 heavy (non-hydrogen) atoms. The molecule has 0 saturated carbocycles. The Morgan fingerprint density at radius 2 is 1.53 bits per heavy atom. The van der Waals surface area contributed by atoms with Gasteiger partial charge in [0.2, 0.25) is 0 Å². The first-order chi connectivity index (χ1) is 9.36. The Morgan fingerprint density at radius 1 is 0.842 bits per heavy atom. The van der Waals surface area contributed by atoms with Crippen LogP contribution in [0.1, 0.15) is 77.0 Å². The molecule has 0 aromatic heterocycles. The molecule has 1 aliphatic heterocycles. The van der Waals surface area contributed by atoms with Crippen molar-refractivity contribution in [2.24, 2.45) is 5.10 Å². The minimum absolute atomic E-state index is 1.12. The van der Waals surface area contributed by atoms with Crippen LogP contribution in [-0.4, -0.2) is 24.3 Å². The van der Waals surface area contributed by atoms with Crippen molar-refractivity contribution >= 4 is 5.71 Å². The summed E-state index contributed by atoms with van der Waals surface area (Å²) in [6.07, 6.45) is 18.5. The molecular weight excluding hydrogens is 232 g/mol. The third-order valence-electron chi connectivity index (χ3n) is 4.35. The van der Waals surface area contributed by atoms with E-state index < -0.39 is 0 Å². The standard InChI is InChI=1S/C17H30N2/c1-19-15-11-7-6-10-14-17(18-19)16-12-8-4-2-3-5-9-13-16/h12H,2-11,13-15H2,1H3/b16-12+,18-17?. The predicted molar refractivity (Wildman–Crippen MR) is 83.6 cm³/mol. The summed E-state index contributed by atoms with van der Waals surface area (Å²) in [5, 5.41) is 7.08. The highest BCUT2D eigenvalue weighted by molar-refractivity contribution is 5.99. The van der Waals surface area contributed by atoms with Gasteiger partial charge in [0.15, 0.2) is 0 Å². The van der Waals surface area contributed by atoms with Crippen LogP contribution in [0.3, 0.4) is 0 Å². The van der Waals surface area contributed by atoms with Crippen molar-refractivity contribution in [2.75, 3.05) is 13.6 Å². The number of hydrogen-bond donors (Lipinski definition) is 0. The van der Waals surface area contributed by atoms with Crippen molar-refractivity contribution in [3.63, 3.8) is 0 Å². The van der Waals surface area contributed by atoms with Crippen molar-refractivity contribution in [2.45, 2.75) is 77.0 Å². The molecule has 1 aliphatic carbocycles. The van der Waals surface area contributed by atoms with Crippen LogP contribution in [0.2, 0.25) is 0 Å². The summed E-state index contributed by atoms with van der Waals surface area (Å²) in [7, 11) is 2.14. The zero-order valence-corrected chi connectivity index (χ0v) is 12.7. The highest BCUT2D eigenvalue weighted by atomic mass is 15.4. The van der Waals surface area contributed by atoms with Crippen LogP contribution >= 0.6 is 0 Å². The van der Waals surface area contributed by atoms with E-state index in [1.807, 2.05) is 0 Å². The maximum atomic E-state index is 4.90. The van der Waals surface area contributed by atoms with Crippen LogP contribution in [0.25, 0.3) is 0 Å². The Balaban J connectivity index is 2.06. The largest absolute Gasteiger partial charge is 0.300 e. The van der Waals surface area contributed by atoms with Gasteiger partial charge in [-0.05, 0) is 50.5 Å². The Labute approximate surface area is 119 Å². The fourth-order valence-corrected chi connectivity index (χ4v) is 3.15. The summed E-state index contributed by atoms with van der Waals surface area (Å²) in [5.74, 6) is 0. The predicted octanol–water partition coefficient (Wildman–Crippen LogP) is 4.91. The van der Waals surface area contributed by atoms with Crippen molar-refractivity contribution < 1.29 is 0 Å². The molecule has 0 fully saturated rings. The van der Waals surface area contributed by atoms with Crippen LogP contribution in [0, 0.1) is 0 Å². The minimum Gasteiger partial charge on any atom is -0.300 e. The third kappa shape index (κ3) is 5.38. The van der Waals surface area contributed by atoms with E-state index in [0.29, 0.717) is 0 Å². The second kappa shape index (κ2) is 8.39. The molecule has 0 bridgehead atoms. The molecule has 2 aliphatic rings. The van der Waals surface area contributed by atoms with Gasteiger partial charge in [0.1, 0.15) is 0 Å². The molecule has 0 saturated heterocycles. The zero-order valence-electron chi connectivity index (χ0n) is 12.7. The van der Waals surface area contributed by atoms with E-state index in [0.717, 1.165) is 6.54 Å². The van der Waals surface area contributed by atoms with E-state index in [1.54, 1.807) is 5.57 Å². The maximum absolute atomic E-state index is 4.90. The first-order valence-electron chi connectivity index (χ1n) is 8.34. The van der Waals surface area contributed by atoms with Gasteiger partial charge in [0.25, 0.3) is 0 Å². The Kier molecular flexibility index (Phi) is 6.46. The molecule has 0 aromatic carbocycles. The molecule has 1 heterocycles. The average Bonchev–Trinajstić information content (AvgIpc) is 2.60. The summed E-state index contributed by atoms with van der Waals surface area (Å²) in [6.45, 7) is 1.12. The summed E-state index contributed by atoms with van der Waals surface area (Å²) in [6, 6.07) is 0. The van der Waals surface area contributed by atoms with E-state index in [4.69, 9.17) is 5.10 Å². The molecular formula is C17H30N2. The van der Waals surface area contributed by atoms with E-state index in [1.165, 1.54) is 82.8 Å². The molecule has 2 nitrogen and oxygen atoms in total. The lowest BCUT2D eigenvalue weighted by Gasteiger charge is -2.16. The Morgan fingerprint density at radius 3 is 2.42 bits per heavy atom. The summed E-state index contributed by atoms with van der Waals surface area (Å²) >= 11 is 0. The SMILES string of the molecule is CN1CCCCCCC(/C2=C/CCCCCCC2)=N1. The van der Waals surface area contributed by atoms with Gasteiger partial charge >= 0.3 is 0 Å². The number of hydrogen-bond acceptors (Lipinski definition) is 2. The molecule has 2 heteroatoms. The molecule has 0 unspecified atom stereocenters. The number of allylic oxidation sites excluding steroid dienone is 2. The van der Waals surface area contributed by atoms with Gasteiger partial charge in [0.05, 0.1) is 5.71 Å². The van der Waals surface area contributed by atoms with Gasteiger partial charge in [-0.15, -0.1) is 0 Å². The summed E-state index contributed by atoms with van der Waals surface area (Å²) in [5.41, 5.74) is 2.96. The lowest BCUT2D eigenvalue weighted by molar-refractivity contribution is 0.345. The molecule has 0 aromatic rings. The fraction of sp³-hybridized carbons (Fsp3) is 0.824. The monoisotopic (exact) mass is 262 g/mol. The topological polar surface area (TPSA) is 15.6 Å². The lowest BCUT2D eigenvalue weighted by atomic mass is 9.98. The van der Waals surface area contributed by atoms with Crippen molar-refractivity contribution in [3.8, 4) is 0 Å². The molecule has 0 radical (unpaired) electrons. The molecule has 108 valence electrons. The van der Waals surface area contributed by atoms with E-state index in [-0.39, 0.29) is 0 Å². The minimum atomic E-state index is 1.12. The summed E-state index contributed by atoms with van der Waals surface area (Å²) < 4.78 is 0. The molecule has 0 spiro atoms. The van der Waals surface area contributed by atoms with Crippen molar-refractivity contribution in [3.05, 3.63) is 11.6 Å². The fourth-order valence-electron chi connectivity index (χ4n) is 3.15. The molecule has 0 N–H and O–H groups in total. The van der Waals surface area contributed by atoms with Crippen molar-refractivity contribution in [1.29, 1.82) is 0 Å². The molecule has 0 amide bonds. The van der Waals surface area contributed by atoms with Crippen LogP contribution in [0.15, 0.2) is 16.8 Å². The van der Waals surface area contributed by atoms with Crippen LogP contribution in [-0.2, 0) is 0 Å². The maximum Gasteiger partial charge on any atom is 0.0634 e. The number of hydrazone groups is 1. The lowest BCUT2D eigenvalue weighted by Crippen LogP contribution is -2.16. The van der Waals surface area contributed by atoms with Gasteiger partial charge < -0.3 is 0 Å². The van der Waals surface area contributed by atoms with Gasteiger partial charge in [-0.1, -0.05) is 38.2 Å². The molecule has 0 atom stereocenters. The second-order valence-electron chi connectivity index (χ2n) is 6.13. The quantitative estimate of drug-likeness (QED) is 0.655. The van der Waals surface area contributed by atoms with E-state index in [9.17, 15) is 0 Å². The van der Waals surface area contributed by atoms with E-state index >= 15 is 0 Å². The molecule has 2 rings (SSSR count). The number of rotatable bonds is 1. The Bertz CT molecular complexity index is 317. The normalized spacial score (nSPS) is 26.7. The smallest absolute Gasteiger partial charge is 0.0634 e. The van der Waals surface area contributed by atoms with Gasteiger partial charge in [0, 0.05) is 13.6 Å². The highest BCUT2D eigenvalue weighted by Crippen LogP contribution is 2.21. The summed E-state index contributed by atoms with van der Waals surface area (Å²) in [4.78, 5) is 0. The number of nitrogens with zero attached hydrogens (tertiary/aromatic N) is 2. The highest BCUT2D eigenvalue weighted by Gasteiger charge is 2.11. The average molecular weight is 262 g/mol. The van der Waals surface area contributed by atoms with Crippen LogP contribution in [0.5, 0.6) is 0 Å². The van der Waals surface area contributed by atoms with Gasteiger partial charge in [-0.25, -0.2) is 0 Å². The van der Waals surface area contributed by atoms with Crippen LogP contribution in [0.4, 0.5) is 0 Å². The first-order valence-corrected chi connectivity index (χ1v) is 8.34. The third-order valence-corrected chi connectivity index (χ3v) is 4.35. The Hall–Kier alpha value is -0.790. The van der Waals surface area contributed by atoms with Crippen molar-refractivity contribution in [1.82, 2.24) is 5.01 Å². The first kappa shape index (κ1) is 14.6. The van der Waals surface area contributed by atoms with E-state index in [2.05, 4.69) is 18.1 Å². The second-order valence-corrected chi connectivity index (χ2v) is 6.13. The van der Waals surface area contributed by atoms with Crippen LogP contribution < -0.4 is 0 Å².